The lowest BCUT2D eigenvalue weighted by Gasteiger charge is -2.66. The maximum absolute atomic E-state index is 14.1. The van der Waals surface area contributed by atoms with Crippen molar-refractivity contribution in [2.75, 3.05) is 0 Å². The Bertz CT molecular complexity index is 691. The Hall–Kier alpha value is -0.330. The van der Waals surface area contributed by atoms with Crippen molar-refractivity contribution in [3.63, 3.8) is 0 Å². The first-order valence-corrected chi connectivity index (χ1v) is 13.9. The summed E-state index contributed by atoms with van der Waals surface area (Å²) < 4.78 is 0. The molecule has 0 N–H and O–H groups in total. The minimum Gasteiger partial charge on any atom is -0.299 e. The van der Waals surface area contributed by atoms with Crippen molar-refractivity contribution in [2.24, 2.45) is 57.2 Å². The Balaban J connectivity index is 1.61. The topological polar surface area (TPSA) is 17.1 Å². The zero-order valence-corrected chi connectivity index (χ0v) is 22.2. The van der Waals surface area contributed by atoms with E-state index in [2.05, 4.69) is 55.4 Å². The summed E-state index contributed by atoms with van der Waals surface area (Å²) in [6.45, 7) is 19.8. The molecular formula is C30H52O. The first-order valence-electron chi connectivity index (χ1n) is 13.9. The predicted octanol–water partition coefficient (Wildman–Crippen LogP) is 8.70. The van der Waals surface area contributed by atoms with Crippen LogP contribution in [0.2, 0.25) is 0 Å². The lowest BCUT2D eigenvalue weighted by Crippen LogP contribution is -2.62. The largest absolute Gasteiger partial charge is 0.299 e. The second-order valence-corrected chi connectivity index (χ2v) is 14.4. The molecule has 1 nitrogen and oxygen atoms in total. The van der Waals surface area contributed by atoms with Gasteiger partial charge < -0.3 is 0 Å². The van der Waals surface area contributed by atoms with Crippen LogP contribution in [0.3, 0.4) is 0 Å². The van der Waals surface area contributed by atoms with Gasteiger partial charge in [0.25, 0.3) is 0 Å². The molecule has 8 atom stereocenters. The van der Waals surface area contributed by atoms with E-state index in [9.17, 15) is 4.79 Å². The number of rotatable bonds is 5. The third-order valence-electron chi connectivity index (χ3n) is 12.2. The van der Waals surface area contributed by atoms with Crippen molar-refractivity contribution in [3.8, 4) is 0 Å². The summed E-state index contributed by atoms with van der Waals surface area (Å²) in [5, 5.41) is 0. The molecule has 0 aromatic rings. The van der Waals surface area contributed by atoms with Crippen LogP contribution in [0.15, 0.2) is 0 Å². The average molecular weight is 429 g/mol. The zero-order chi connectivity index (χ0) is 22.8. The van der Waals surface area contributed by atoms with Crippen LogP contribution in [-0.2, 0) is 4.79 Å². The second-order valence-electron chi connectivity index (χ2n) is 14.4. The highest BCUT2D eigenvalue weighted by Crippen LogP contribution is 2.73. The number of carbonyl (C=O) groups excluding carboxylic acids is 1. The third kappa shape index (κ3) is 3.41. The highest BCUT2D eigenvalue weighted by molar-refractivity contribution is 5.87. The highest BCUT2D eigenvalue weighted by atomic mass is 16.1. The van der Waals surface area contributed by atoms with Gasteiger partial charge in [0.15, 0.2) is 0 Å². The molecule has 0 radical (unpaired) electrons. The Kier molecular flexibility index (Phi) is 6.05. The summed E-state index contributed by atoms with van der Waals surface area (Å²) in [4.78, 5) is 14.1. The van der Waals surface area contributed by atoms with E-state index in [4.69, 9.17) is 0 Å². The van der Waals surface area contributed by atoms with Crippen LogP contribution in [0.25, 0.3) is 0 Å². The van der Waals surface area contributed by atoms with E-state index in [1.165, 1.54) is 64.2 Å². The molecule has 0 spiro atoms. The predicted molar refractivity (Wildman–Crippen MR) is 132 cm³/mol. The molecule has 0 unspecified atom stereocenters. The lowest BCUT2D eigenvalue weighted by molar-refractivity contribution is -0.186. The van der Waals surface area contributed by atoms with Gasteiger partial charge in [-0.3, -0.25) is 4.79 Å². The molecule has 0 bridgehead atoms. The van der Waals surface area contributed by atoms with Crippen LogP contribution >= 0.6 is 0 Å². The van der Waals surface area contributed by atoms with Gasteiger partial charge in [0.05, 0.1) is 0 Å². The van der Waals surface area contributed by atoms with E-state index >= 15 is 0 Å². The van der Waals surface area contributed by atoms with E-state index in [-0.39, 0.29) is 10.8 Å². The Morgan fingerprint density at radius 1 is 0.871 bits per heavy atom. The van der Waals surface area contributed by atoms with Crippen LogP contribution in [-0.4, -0.2) is 5.78 Å². The van der Waals surface area contributed by atoms with Crippen molar-refractivity contribution in [1.29, 1.82) is 0 Å². The molecule has 4 rings (SSSR count). The van der Waals surface area contributed by atoms with Gasteiger partial charge in [-0.25, -0.2) is 0 Å². The number of ketones is 1. The minimum atomic E-state index is -0.0845. The van der Waals surface area contributed by atoms with Gasteiger partial charge in [-0.05, 0) is 90.3 Å². The molecule has 0 heterocycles. The summed E-state index contributed by atoms with van der Waals surface area (Å²) >= 11 is 0. The maximum Gasteiger partial charge on any atom is 0.139 e. The van der Waals surface area contributed by atoms with Gasteiger partial charge in [0.1, 0.15) is 5.78 Å². The van der Waals surface area contributed by atoms with Gasteiger partial charge >= 0.3 is 0 Å². The van der Waals surface area contributed by atoms with Crippen LogP contribution in [0.4, 0.5) is 0 Å². The molecule has 178 valence electrons. The number of hydrogen-bond acceptors (Lipinski definition) is 1. The fourth-order valence-electron chi connectivity index (χ4n) is 10.3. The smallest absolute Gasteiger partial charge is 0.139 e. The number of Topliss-reactive ketones (excluding diaryl/α,β-unsaturated/α-hetero) is 1. The van der Waals surface area contributed by atoms with Gasteiger partial charge in [-0.2, -0.15) is 0 Å². The summed E-state index contributed by atoms with van der Waals surface area (Å²) in [5.74, 6) is 4.94. The van der Waals surface area contributed by atoms with Crippen molar-refractivity contribution < 1.29 is 4.79 Å². The number of carbonyl (C=O) groups is 1. The van der Waals surface area contributed by atoms with Gasteiger partial charge in [-0.1, -0.05) is 81.1 Å². The van der Waals surface area contributed by atoms with Crippen molar-refractivity contribution in [1.82, 2.24) is 0 Å². The Morgan fingerprint density at radius 3 is 2.26 bits per heavy atom. The average Bonchev–Trinajstić information content (AvgIpc) is 2.95. The normalized spacial score (nSPS) is 47.6. The van der Waals surface area contributed by atoms with Gasteiger partial charge in [-0.15, -0.1) is 0 Å². The molecule has 0 amide bonds. The minimum absolute atomic E-state index is 0.0845. The first kappa shape index (κ1) is 23.8. The Morgan fingerprint density at radius 2 is 1.58 bits per heavy atom. The summed E-state index contributed by atoms with van der Waals surface area (Å²) in [7, 11) is 0. The van der Waals surface area contributed by atoms with E-state index in [1.807, 2.05) is 0 Å². The van der Waals surface area contributed by atoms with E-state index in [0.717, 1.165) is 24.2 Å². The molecule has 0 saturated heterocycles. The number of hydrogen-bond donors (Lipinski definition) is 0. The monoisotopic (exact) mass is 428 g/mol. The quantitative estimate of drug-likeness (QED) is 0.428. The van der Waals surface area contributed by atoms with E-state index in [1.54, 1.807) is 0 Å². The van der Waals surface area contributed by atoms with E-state index < -0.39 is 0 Å². The highest BCUT2D eigenvalue weighted by Gasteiger charge is 2.69. The molecule has 4 aliphatic carbocycles. The van der Waals surface area contributed by atoms with Crippen LogP contribution < -0.4 is 0 Å². The Labute approximate surface area is 193 Å². The molecular weight excluding hydrogens is 376 g/mol. The third-order valence-corrected chi connectivity index (χ3v) is 12.2. The summed E-state index contributed by atoms with van der Waals surface area (Å²) in [6.07, 6.45) is 14.3. The molecule has 0 aromatic heterocycles. The second kappa shape index (κ2) is 7.87. The molecule has 4 aliphatic rings. The lowest BCUT2D eigenvalue weighted by atomic mass is 9.38. The molecule has 31 heavy (non-hydrogen) atoms. The summed E-state index contributed by atoms with van der Waals surface area (Å²) in [6, 6.07) is 0. The van der Waals surface area contributed by atoms with Crippen LogP contribution in [0, 0.1) is 57.2 Å². The van der Waals surface area contributed by atoms with Crippen molar-refractivity contribution >= 4 is 5.78 Å². The number of fused-ring (bicyclic) bond motifs is 5. The fraction of sp³-hybridized carbons (Fsp3) is 0.967. The molecule has 0 aromatic carbocycles. The van der Waals surface area contributed by atoms with Crippen molar-refractivity contribution in [3.05, 3.63) is 0 Å². The van der Waals surface area contributed by atoms with E-state index in [0.29, 0.717) is 34.4 Å². The van der Waals surface area contributed by atoms with Crippen LogP contribution in [0.1, 0.15) is 126 Å². The molecule has 0 aliphatic heterocycles. The zero-order valence-electron chi connectivity index (χ0n) is 22.2. The first-order chi connectivity index (χ1) is 14.4. The standard InChI is InChI=1S/C30H52O/c1-20(2)11-9-12-21(3)22-15-18-29(7)23-13-14-25-27(4,5)16-10-17-28(25,6)24(23)19-26(31)30(22,29)8/h20-25H,9-19H2,1-8H3/t21-,22-,23-,24+,25+,28-,29+,30+/m1/s1. The maximum atomic E-state index is 14.1. The summed E-state index contributed by atoms with van der Waals surface area (Å²) in [5.41, 5.74) is 0.968. The molecule has 4 fully saturated rings. The van der Waals surface area contributed by atoms with Crippen LogP contribution in [0.5, 0.6) is 0 Å². The molecule has 1 heteroatoms. The SMILES string of the molecule is CC(C)CCC[C@@H](C)[C@H]1CC[C@@]2(C)[C@@H]3CC[C@H]4C(C)(C)CCC[C@]4(C)[C@H]3CC(=O)[C@]12C. The van der Waals surface area contributed by atoms with Crippen molar-refractivity contribution in [2.45, 2.75) is 126 Å². The fourth-order valence-corrected chi connectivity index (χ4v) is 10.3. The van der Waals surface area contributed by atoms with Gasteiger partial charge in [0, 0.05) is 11.8 Å². The van der Waals surface area contributed by atoms with Gasteiger partial charge in [0.2, 0.25) is 0 Å². The molecule has 4 saturated carbocycles.